The van der Waals surface area contributed by atoms with Crippen molar-refractivity contribution in [2.45, 2.75) is 13.8 Å². The second kappa shape index (κ2) is 11.1. The molecule has 27 heavy (non-hydrogen) atoms. The van der Waals surface area contributed by atoms with Crippen LogP contribution in [0.1, 0.15) is 29.8 Å². The lowest BCUT2D eigenvalue weighted by Gasteiger charge is -2.21. The minimum Gasteiger partial charge on any atom is -0.358 e. The van der Waals surface area contributed by atoms with Crippen LogP contribution in [0.15, 0.2) is 59.7 Å². The van der Waals surface area contributed by atoms with Crippen molar-refractivity contribution >= 4 is 51.5 Å². The van der Waals surface area contributed by atoms with Crippen LogP contribution in [0.2, 0.25) is 5.02 Å². The van der Waals surface area contributed by atoms with Gasteiger partial charge < -0.3 is 4.90 Å². The van der Waals surface area contributed by atoms with Crippen LogP contribution in [0.4, 0.5) is 0 Å². The highest BCUT2D eigenvalue weighted by atomic mass is 35.5. The number of amides is 1. The molecule has 0 bridgehead atoms. The zero-order valence-corrected chi connectivity index (χ0v) is 17.7. The van der Waals surface area contributed by atoms with Gasteiger partial charge in [0.2, 0.25) is 0 Å². The number of carbonyl (C=O) groups excluding carboxylic acids is 1. The first kappa shape index (κ1) is 21.4. The Balaban J connectivity index is 2.12. The molecule has 0 heterocycles. The van der Waals surface area contributed by atoms with E-state index < -0.39 is 0 Å². The summed E-state index contributed by atoms with van der Waals surface area (Å²) in [5.74, 6) is 0.289. The molecule has 0 aliphatic heterocycles. The van der Waals surface area contributed by atoms with E-state index in [4.69, 9.17) is 23.8 Å². The van der Waals surface area contributed by atoms with E-state index in [0.29, 0.717) is 16.3 Å². The molecule has 0 saturated heterocycles. The molecule has 0 fully saturated rings. The second-order valence-corrected chi connectivity index (χ2v) is 7.64. The lowest BCUT2D eigenvalue weighted by molar-refractivity contribution is 0.0955. The number of carbonyl (C=O) groups is 1. The van der Waals surface area contributed by atoms with Gasteiger partial charge in [0.05, 0.1) is 5.71 Å². The highest BCUT2D eigenvalue weighted by Gasteiger charge is 2.11. The first-order chi connectivity index (χ1) is 13.0. The van der Waals surface area contributed by atoms with E-state index in [2.05, 4.69) is 29.3 Å². The third-order valence-corrected chi connectivity index (χ3v) is 5.65. The van der Waals surface area contributed by atoms with E-state index in [9.17, 15) is 4.79 Å². The standard InChI is InChI=1S/C20H22ClN3OS2/c1-3-24(4-2)20(26)27-14-18(15-8-6-5-7-9-15)22-23-19(25)16-10-12-17(21)13-11-16/h5-13H,3-4,14H2,1-2H3,(H,23,25). The summed E-state index contributed by atoms with van der Waals surface area (Å²) in [6, 6.07) is 16.5. The number of hydrogen-bond donors (Lipinski definition) is 1. The summed E-state index contributed by atoms with van der Waals surface area (Å²) in [7, 11) is 0. The number of halogens is 1. The maximum Gasteiger partial charge on any atom is 0.271 e. The van der Waals surface area contributed by atoms with Crippen LogP contribution in [0.3, 0.4) is 0 Å². The van der Waals surface area contributed by atoms with Crippen LogP contribution in [0.5, 0.6) is 0 Å². The molecule has 0 aliphatic carbocycles. The van der Waals surface area contributed by atoms with Gasteiger partial charge in [0.15, 0.2) is 0 Å². The molecule has 0 unspecified atom stereocenters. The summed E-state index contributed by atoms with van der Waals surface area (Å²) < 4.78 is 0.827. The molecule has 0 atom stereocenters. The lowest BCUT2D eigenvalue weighted by atomic mass is 10.1. The number of nitrogens with one attached hydrogen (secondary N) is 1. The molecule has 0 radical (unpaired) electrons. The maximum absolute atomic E-state index is 12.3. The SMILES string of the molecule is CCN(CC)C(=S)SCC(=NNC(=O)c1ccc(Cl)cc1)c1ccccc1. The number of nitrogens with zero attached hydrogens (tertiary/aromatic N) is 2. The highest BCUT2D eigenvalue weighted by Crippen LogP contribution is 2.14. The molecule has 2 aromatic rings. The number of hydrogen-bond acceptors (Lipinski definition) is 4. The molecule has 142 valence electrons. The van der Waals surface area contributed by atoms with E-state index >= 15 is 0 Å². The zero-order chi connectivity index (χ0) is 19.6. The summed E-state index contributed by atoms with van der Waals surface area (Å²) >= 11 is 12.9. The summed E-state index contributed by atoms with van der Waals surface area (Å²) in [6.07, 6.45) is 0. The van der Waals surface area contributed by atoms with Crippen LogP contribution >= 0.6 is 35.6 Å². The molecule has 7 heteroatoms. The van der Waals surface area contributed by atoms with E-state index in [-0.39, 0.29) is 5.91 Å². The van der Waals surface area contributed by atoms with Gasteiger partial charge in [-0.1, -0.05) is 65.9 Å². The molecule has 4 nitrogen and oxygen atoms in total. The largest absolute Gasteiger partial charge is 0.358 e. The van der Waals surface area contributed by atoms with E-state index in [0.717, 1.165) is 28.7 Å². The maximum atomic E-state index is 12.3. The Hall–Kier alpha value is -1.89. The molecule has 0 spiro atoms. The number of thiocarbonyl (C=S) groups is 1. The molecule has 0 aliphatic rings. The van der Waals surface area contributed by atoms with Crippen LogP contribution in [-0.4, -0.2) is 39.7 Å². The number of benzene rings is 2. The van der Waals surface area contributed by atoms with Crippen molar-refractivity contribution in [1.29, 1.82) is 0 Å². The fourth-order valence-electron chi connectivity index (χ4n) is 2.30. The normalized spacial score (nSPS) is 11.1. The van der Waals surface area contributed by atoms with Gasteiger partial charge >= 0.3 is 0 Å². The van der Waals surface area contributed by atoms with Crippen molar-refractivity contribution in [3.63, 3.8) is 0 Å². The molecular weight excluding hydrogens is 398 g/mol. The smallest absolute Gasteiger partial charge is 0.271 e. The van der Waals surface area contributed by atoms with Crippen molar-refractivity contribution in [2.75, 3.05) is 18.8 Å². The van der Waals surface area contributed by atoms with Gasteiger partial charge in [-0.3, -0.25) is 4.79 Å². The van der Waals surface area contributed by atoms with Crippen molar-refractivity contribution in [3.8, 4) is 0 Å². The van der Waals surface area contributed by atoms with E-state index in [1.165, 1.54) is 0 Å². The Morgan fingerprint density at radius 2 is 1.70 bits per heavy atom. The van der Waals surface area contributed by atoms with Crippen LogP contribution < -0.4 is 5.43 Å². The van der Waals surface area contributed by atoms with Crippen molar-refractivity contribution in [3.05, 3.63) is 70.7 Å². The average molecular weight is 420 g/mol. The van der Waals surface area contributed by atoms with Gasteiger partial charge in [-0.25, -0.2) is 5.43 Å². The first-order valence-corrected chi connectivity index (χ1v) is 10.4. The van der Waals surface area contributed by atoms with Crippen molar-refractivity contribution < 1.29 is 4.79 Å². The number of hydrazone groups is 1. The van der Waals surface area contributed by atoms with Gasteiger partial charge in [-0.15, -0.1) is 0 Å². The van der Waals surface area contributed by atoms with Gasteiger partial charge in [0.1, 0.15) is 4.32 Å². The first-order valence-electron chi connectivity index (χ1n) is 8.64. The molecule has 1 N–H and O–H groups in total. The molecule has 2 rings (SSSR count). The van der Waals surface area contributed by atoms with E-state index in [1.54, 1.807) is 36.0 Å². The molecule has 2 aromatic carbocycles. The van der Waals surface area contributed by atoms with Gasteiger partial charge in [-0.2, -0.15) is 5.10 Å². The summed E-state index contributed by atoms with van der Waals surface area (Å²) in [5.41, 5.74) is 4.84. The number of rotatable bonds is 7. The third-order valence-electron chi connectivity index (χ3n) is 3.86. The predicted octanol–water partition coefficient (Wildman–Crippen LogP) is 4.83. The van der Waals surface area contributed by atoms with Gasteiger partial charge in [-0.05, 0) is 43.7 Å². The predicted molar refractivity (Wildman–Crippen MR) is 120 cm³/mol. The fraction of sp³-hybridized carbons (Fsp3) is 0.250. The summed E-state index contributed by atoms with van der Waals surface area (Å²) in [5, 5.41) is 4.95. The minimum absolute atomic E-state index is 0.281. The summed E-state index contributed by atoms with van der Waals surface area (Å²) in [4.78, 5) is 14.4. The Morgan fingerprint density at radius 3 is 2.30 bits per heavy atom. The number of thioether (sulfide) groups is 1. The molecule has 1 amide bonds. The molecular formula is C20H22ClN3OS2. The van der Waals surface area contributed by atoms with Crippen LogP contribution in [0, 0.1) is 0 Å². The van der Waals surface area contributed by atoms with Crippen molar-refractivity contribution in [2.24, 2.45) is 5.10 Å². The molecule has 0 saturated carbocycles. The topological polar surface area (TPSA) is 44.7 Å². The fourth-order valence-corrected chi connectivity index (χ4v) is 3.79. The average Bonchev–Trinajstić information content (AvgIpc) is 2.70. The minimum atomic E-state index is -0.281. The van der Waals surface area contributed by atoms with E-state index in [1.807, 2.05) is 30.3 Å². The second-order valence-electron chi connectivity index (χ2n) is 5.60. The Kier molecular flexibility index (Phi) is 8.78. The Morgan fingerprint density at radius 1 is 1.07 bits per heavy atom. The van der Waals surface area contributed by atoms with Crippen LogP contribution in [-0.2, 0) is 0 Å². The Labute approximate surface area is 175 Å². The van der Waals surface area contributed by atoms with Crippen LogP contribution in [0.25, 0.3) is 0 Å². The lowest BCUT2D eigenvalue weighted by Crippen LogP contribution is -2.28. The van der Waals surface area contributed by atoms with Gasteiger partial charge in [0, 0.05) is 29.4 Å². The quantitative estimate of drug-likeness (QED) is 0.396. The molecule has 0 aromatic heterocycles. The zero-order valence-electron chi connectivity index (χ0n) is 15.3. The summed E-state index contributed by atoms with van der Waals surface area (Å²) in [6.45, 7) is 5.89. The third kappa shape index (κ3) is 6.65. The van der Waals surface area contributed by atoms with Crippen molar-refractivity contribution in [1.82, 2.24) is 10.3 Å². The van der Waals surface area contributed by atoms with Gasteiger partial charge in [0.25, 0.3) is 5.91 Å². The monoisotopic (exact) mass is 419 g/mol. The Bertz CT molecular complexity index is 791. The highest BCUT2D eigenvalue weighted by molar-refractivity contribution is 8.23.